The number of hydrogen-bond donors (Lipinski definition) is 0. The van der Waals surface area contributed by atoms with Crippen molar-refractivity contribution in [3.05, 3.63) is 84.1 Å². The minimum atomic E-state index is -0.798. The SMILES string of the molecule is COCCN1C(=O)N(Cc2ccccc2)C2(CCN(Cc3cccc(-c4ccco4)c3)CC2)C1=O. The maximum Gasteiger partial charge on any atom is 0.328 e. The van der Waals surface area contributed by atoms with Crippen LogP contribution in [0.4, 0.5) is 4.79 Å². The number of methoxy groups -OCH3 is 1. The van der Waals surface area contributed by atoms with Gasteiger partial charge in [0.1, 0.15) is 11.3 Å². The van der Waals surface area contributed by atoms with Gasteiger partial charge in [-0.2, -0.15) is 0 Å². The summed E-state index contributed by atoms with van der Waals surface area (Å²) in [5.41, 5.74) is 2.48. The molecular formula is C28H31N3O4. The highest BCUT2D eigenvalue weighted by atomic mass is 16.5. The van der Waals surface area contributed by atoms with Gasteiger partial charge in [0.15, 0.2) is 0 Å². The summed E-state index contributed by atoms with van der Waals surface area (Å²) in [5.74, 6) is 0.766. The van der Waals surface area contributed by atoms with Crippen molar-refractivity contribution in [2.75, 3.05) is 33.4 Å². The Bertz CT molecular complexity index is 1150. The van der Waals surface area contributed by atoms with Gasteiger partial charge in [-0.15, -0.1) is 0 Å². The molecule has 7 heteroatoms. The Kier molecular flexibility index (Phi) is 6.70. The third-order valence-corrected chi connectivity index (χ3v) is 7.15. The van der Waals surface area contributed by atoms with Gasteiger partial charge in [-0.1, -0.05) is 48.5 Å². The van der Waals surface area contributed by atoms with E-state index in [0.29, 0.717) is 26.0 Å². The number of nitrogens with zero attached hydrogens (tertiary/aromatic N) is 3. The fourth-order valence-electron chi connectivity index (χ4n) is 5.24. The molecule has 2 fully saturated rings. The molecule has 3 heterocycles. The lowest BCUT2D eigenvalue weighted by molar-refractivity contribution is -0.136. The highest BCUT2D eigenvalue weighted by Crippen LogP contribution is 2.38. The third-order valence-electron chi connectivity index (χ3n) is 7.15. The zero-order valence-corrected chi connectivity index (χ0v) is 20.1. The molecule has 7 nitrogen and oxygen atoms in total. The number of benzene rings is 2. The molecule has 0 unspecified atom stereocenters. The monoisotopic (exact) mass is 473 g/mol. The van der Waals surface area contributed by atoms with Crippen LogP contribution in [0.3, 0.4) is 0 Å². The van der Waals surface area contributed by atoms with E-state index in [0.717, 1.165) is 36.5 Å². The number of rotatable bonds is 8. The number of likely N-dealkylation sites (tertiary alicyclic amines) is 1. The average molecular weight is 474 g/mol. The zero-order valence-electron chi connectivity index (χ0n) is 20.1. The lowest BCUT2D eigenvalue weighted by atomic mass is 9.85. The molecule has 2 saturated heterocycles. The van der Waals surface area contributed by atoms with Gasteiger partial charge in [-0.05, 0) is 42.2 Å². The van der Waals surface area contributed by atoms with Crippen LogP contribution in [-0.4, -0.2) is 65.5 Å². The second kappa shape index (κ2) is 10.1. The van der Waals surface area contributed by atoms with Crippen LogP contribution < -0.4 is 0 Å². The van der Waals surface area contributed by atoms with E-state index in [-0.39, 0.29) is 18.5 Å². The Morgan fingerprint density at radius 2 is 1.69 bits per heavy atom. The molecule has 0 atom stereocenters. The Balaban J connectivity index is 1.32. The number of piperidine rings is 1. The van der Waals surface area contributed by atoms with Crippen molar-refractivity contribution in [1.82, 2.24) is 14.7 Å². The number of imide groups is 1. The maximum atomic E-state index is 13.6. The quantitative estimate of drug-likeness (QED) is 0.454. The second-order valence-corrected chi connectivity index (χ2v) is 9.29. The lowest BCUT2D eigenvalue weighted by Crippen LogP contribution is -2.56. The third kappa shape index (κ3) is 4.61. The summed E-state index contributed by atoms with van der Waals surface area (Å²) >= 11 is 0. The van der Waals surface area contributed by atoms with Gasteiger partial charge in [-0.25, -0.2) is 4.79 Å². The fraction of sp³-hybridized carbons (Fsp3) is 0.357. The first-order valence-corrected chi connectivity index (χ1v) is 12.1. The molecule has 2 aromatic carbocycles. The van der Waals surface area contributed by atoms with E-state index < -0.39 is 5.54 Å². The molecule has 35 heavy (non-hydrogen) atoms. The Morgan fingerprint density at radius 1 is 0.914 bits per heavy atom. The average Bonchev–Trinajstić information content (AvgIpc) is 3.49. The van der Waals surface area contributed by atoms with Crippen molar-refractivity contribution < 1.29 is 18.7 Å². The van der Waals surface area contributed by atoms with Crippen LogP contribution >= 0.6 is 0 Å². The molecule has 3 amide bonds. The van der Waals surface area contributed by atoms with Crippen molar-refractivity contribution >= 4 is 11.9 Å². The van der Waals surface area contributed by atoms with Crippen LogP contribution in [0.1, 0.15) is 24.0 Å². The number of carbonyl (C=O) groups is 2. The largest absolute Gasteiger partial charge is 0.464 e. The first-order valence-electron chi connectivity index (χ1n) is 12.1. The van der Waals surface area contributed by atoms with Gasteiger partial charge >= 0.3 is 6.03 Å². The molecule has 0 saturated carbocycles. The van der Waals surface area contributed by atoms with E-state index >= 15 is 0 Å². The number of furan rings is 1. The molecule has 1 aromatic heterocycles. The normalized spacial score (nSPS) is 18.1. The van der Waals surface area contributed by atoms with Gasteiger partial charge in [0, 0.05) is 38.9 Å². The summed E-state index contributed by atoms with van der Waals surface area (Å²) < 4.78 is 10.7. The Morgan fingerprint density at radius 3 is 2.40 bits per heavy atom. The standard InChI is InChI=1S/C28H31N3O4/c1-34-18-16-30-26(32)28(31(27(30)33)21-22-7-3-2-4-8-22)12-14-29(15-13-28)20-23-9-5-10-24(19-23)25-11-6-17-35-25/h2-11,17,19H,12-16,18,20-21H2,1H3. The van der Waals surface area contributed by atoms with Gasteiger partial charge in [0.2, 0.25) is 0 Å². The van der Waals surface area contributed by atoms with Gasteiger partial charge < -0.3 is 14.1 Å². The van der Waals surface area contributed by atoms with Crippen molar-refractivity contribution in [2.24, 2.45) is 0 Å². The summed E-state index contributed by atoms with van der Waals surface area (Å²) in [6, 6.07) is 21.9. The number of carbonyl (C=O) groups excluding carboxylic acids is 2. The molecule has 2 aliphatic rings. The van der Waals surface area contributed by atoms with Gasteiger partial charge in [-0.3, -0.25) is 14.6 Å². The predicted molar refractivity (Wildman–Crippen MR) is 132 cm³/mol. The second-order valence-electron chi connectivity index (χ2n) is 9.29. The maximum absolute atomic E-state index is 13.6. The first kappa shape index (κ1) is 23.3. The summed E-state index contributed by atoms with van der Waals surface area (Å²) in [6.45, 7) is 3.33. The molecule has 2 aliphatic heterocycles. The van der Waals surface area contributed by atoms with Crippen LogP contribution in [0.2, 0.25) is 0 Å². The summed E-state index contributed by atoms with van der Waals surface area (Å²) in [7, 11) is 1.59. The number of urea groups is 1. The van der Waals surface area contributed by atoms with Crippen LogP contribution in [0.25, 0.3) is 11.3 Å². The predicted octanol–water partition coefficient (Wildman–Crippen LogP) is 4.39. The van der Waals surface area contributed by atoms with Crippen molar-refractivity contribution in [3.63, 3.8) is 0 Å². The summed E-state index contributed by atoms with van der Waals surface area (Å²) in [5, 5.41) is 0. The van der Waals surface area contributed by atoms with Crippen molar-refractivity contribution in [2.45, 2.75) is 31.5 Å². The van der Waals surface area contributed by atoms with E-state index in [2.05, 4.69) is 17.0 Å². The van der Waals surface area contributed by atoms with E-state index in [4.69, 9.17) is 9.15 Å². The van der Waals surface area contributed by atoms with Crippen LogP contribution in [-0.2, 0) is 22.6 Å². The van der Waals surface area contributed by atoms with Gasteiger partial charge in [0.05, 0.1) is 19.4 Å². The summed E-state index contributed by atoms with van der Waals surface area (Å²) in [6.07, 6.45) is 2.92. The van der Waals surface area contributed by atoms with E-state index in [1.165, 1.54) is 10.5 Å². The highest BCUT2D eigenvalue weighted by Gasteiger charge is 2.57. The number of ether oxygens (including phenoxy) is 1. The van der Waals surface area contributed by atoms with Crippen molar-refractivity contribution in [1.29, 1.82) is 0 Å². The van der Waals surface area contributed by atoms with Gasteiger partial charge in [0.25, 0.3) is 5.91 Å². The zero-order chi connectivity index (χ0) is 24.3. The van der Waals surface area contributed by atoms with Crippen LogP contribution in [0, 0.1) is 0 Å². The molecule has 0 N–H and O–H groups in total. The van der Waals surface area contributed by atoms with E-state index in [9.17, 15) is 9.59 Å². The number of amides is 3. The van der Waals surface area contributed by atoms with E-state index in [1.54, 1.807) is 18.3 Å². The van der Waals surface area contributed by atoms with Crippen LogP contribution in [0.15, 0.2) is 77.4 Å². The minimum absolute atomic E-state index is 0.0880. The molecule has 182 valence electrons. The topological polar surface area (TPSA) is 66.2 Å². The Labute approximate surface area is 205 Å². The smallest absolute Gasteiger partial charge is 0.328 e. The fourth-order valence-corrected chi connectivity index (χ4v) is 5.24. The molecule has 0 bridgehead atoms. The molecule has 5 rings (SSSR count). The molecule has 0 radical (unpaired) electrons. The van der Waals surface area contributed by atoms with Crippen LogP contribution in [0.5, 0.6) is 0 Å². The first-order chi connectivity index (χ1) is 17.1. The van der Waals surface area contributed by atoms with E-state index in [1.807, 2.05) is 54.6 Å². The highest BCUT2D eigenvalue weighted by molar-refractivity contribution is 6.07. The molecule has 1 spiro atoms. The minimum Gasteiger partial charge on any atom is -0.464 e. The van der Waals surface area contributed by atoms with Crippen molar-refractivity contribution in [3.8, 4) is 11.3 Å². The lowest BCUT2D eigenvalue weighted by Gasteiger charge is -2.42. The Hall–Kier alpha value is -3.42. The molecule has 0 aliphatic carbocycles. The molecule has 3 aromatic rings. The molecular weight excluding hydrogens is 442 g/mol. The summed E-state index contributed by atoms with van der Waals surface area (Å²) in [4.78, 5) is 32.5. The number of hydrogen-bond acceptors (Lipinski definition) is 5.